The summed E-state index contributed by atoms with van der Waals surface area (Å²) in [6, 6.07) is 12.0. The summed E-state index contributed by atoms with van der Waals surface area (Å²) in [5, 5.41) is 3.08. The molecule has 4 rings (SSSR count). The van der Waals surface area contributed by atoms with Gasteiger partial charge in [-0.2, -0.15) is 0 Å². The molecular weight excluding hydrogens is 376 g/mol. The number of anilines is 2. The maximum atomic E-state index is 13.4. The van der Waals surface area contributed by atoms with Gasteiger partial charge in [-0.25, -0.2) is 4.98 Å². The maximum Gasteiger partial charge on any atom is 0.230 e. The Morgan fingerprint density at radius 1 is 1.10 bits per heavy atom. The van der Waals surface area contributed by atoms with Crippen LogP contribution in [0.25, 0.3) is 0 Å². The minimum absolute atomic E-state index is 0.0194. The molecule has 0 radical (unpaired) electrons. The van der Waals surface area contributed by atoms with Crippen molar-refractivity contribution >= 4 is 23.3 Å². The monoisotopic (exact) mass is 406 g/mol. The lowest BCUT2D eigenvalue weighted by atomic mass is 9.77. The molecule has 2 aliphatic rings. The van der Waals surface area contributed by atoms with E-state index in [9.17, 15) is 9.59 Å². The van der Waals surface area contributed by atoms with E-state index in [0.29, 0.717) is 13.1 Å². The van der Waals surface area contributed by atoms with E-state index in [0.717, 1.165) is 49.2 Å². The quantitative estimate of drug-likeness (QED) is 0.828. The second-order valence-electron chi connectivity index (χ2n) is 8.46. The van der Waals surface area contributed by atoms with Crippen LogP contribution in [0.1, 0.15) is 36.8 Å². The molecule has 0 saturated heterocycles. The smallest absolute Gasteiger partial charge is 0.230 e. The Bertz CT molecular complexity index is 927. The number of aromatic nitrogens is 1. The summed E-state index contributed by atoms with van der Waals surface area (Å²) >= 11 is 0. The first-order valence-corrected chi connectivity index (χ1v) is 10.8. The fourth-order valence-corrected chi connectivity index (χ4v) is 4.79. The molecule has 6 heteroatoms. The van der Waals surface area contributed by atoms with Gasteiger partial charge in [-0.3, -0.25) is 9.59 Å². The highest BCUT2D eigenvalue weighted by Crippen LogP contribution is 2.36. The molecule has 1 aromatic carbocycles. The topological polar surface area (TPSA) is 65.5 Å². The van der Waals surface area contributed by atoms with E-state index in [-0.39, 0.29) is 23.7 Å². The number of benzene rings is 1. The van der Waals surface area contributed by atoms with E-state index in [1.165, 1.54) is 5.56 Å². The third-order valence-electron chi connectivity index (χ3n) is 6.32. The van der Waals surface area contributed by atoms with E-state index in [1.54, 1.807) is 6.20 Å². The molecule has 158 valence electrons. The Kier molecular flexibility index (Phi) is 6.02. The van der Waals surface area contributed by atoms with E-state index < -0.39 is 0 Å². The van der Waals surface area contributed by atoms with Gasteiger partial charge in [0, 0.05) is 50.6 Å². The highest BCUT2D eigenvalue weighted by molar-refractivity contribution is 5.99. The molecule has 1 aliphatic heterocycles. The van der Waals surface area contributed by atoms with Crippen LogP contribution >= 0.6 is 0 Å². The average molecular weight is 407 g/mol. The first kappa shape index (κ1) is 20.4. The Labute approximate surface area is 178 Å². The van der Waals surface area contributed by atoms with Crippen LogP contribution in [0.2, 0.25) is 0 Å². The molecule has 0 bridgehead atoms. The van der Waals surface area contributed by atoms with Gasteiger partial charge < -0.3 is 15.1 Å². The lowest BCUT2D eigenvalue weighted by Crippen LogP contribution is -2.45. The second kappa shape index (κ2) is 8.86. The molecule has 6 nitrogen and oxygen atoms in total. The van der Waals surface area contributed by atoms with E-state index in [4.69, 9.17) is 0 Å². The Balaban J connectivity index is 1.46. The number of nitrogens with zero attached hydrogens (tertiary/aromatic N) is 3. The number of carbonyl (C=O) groups excluding carboxylic acids is 2. The summed E-state index contributed by atoms with van der Waals surface area (Å²) in [5.41, 5.74) is 3.21. The predicted molar refractivity (Wildman–Crippen MR) is 118 cm³/mol. The summed E-state index contributed by atoms with van der Waals surface area (Å²) in [7, 11) is 3.88. The average Bonchev–Trinajstić information content (AvgIpc) is 3.21. The summed E-state index contributed by atoms with van der Waals surface area (Å²) in [4.78, 5) is 34.8. The minimum atomic E-state index is -0.265. The minimum Gasteiger partial charge on any atom is -0.362 e. The van der Waals surface area contributed by atoms with Crippen molar-refractivity contribution in [3.05, 3.63) is 53.7 Å². The van der Waals surface area contributed by atoms with Crippen molar-refractivity contribution < 1.29 is 9.59 Å². The van der Waals surface area contributed by atoms with Gasteiger partial charge in [0.25, 0.3) is 0 Å². The van der Waals surface area contributed by atoms with Gasteiger partial charge in [0.1, 0.15) is 5.82 Å². The molecule has 0 spiro atoms. The van der Waals surface area contributed by atoms with Crippen LogP contribution in [0.4, 0.5) is 11.5 Å². The number of para-hydroxylation sites is 1. The number of pyridine rings is 1. The molecule has 1 fully saturated rings. The molecule has 2 heterocycles. The van der Waals surface area contributed by atoms with Crippen LogP contribution in [0.5, 0.6) is 0 Å². The molecule has 1 N–H and O–H groups in total. The highest BCUT2D eigenvalue weighted by Gasteiger charge is 2.39. The van der Waals surface area contributed by atoms with Crippen molar-refractivity contribution in [2.45, 2.75) is 38.6 Å². The number of hydrogen-bond acceptors (Lipinski definition) is 4. The number of fused-ring (bicyclic) bond motifs is 1. The van der Waals surface area contributed by atoms with Crippen molar-refractivity contribution in [2.75, 3.05) is 30.4 Å². The largest absolute Gasteiger partial charge is 0.362 e. The highest BCUT2D eigenvalue weighted by atomic mass is 16.2. The second-order valence-corrected chi connectivity index (χ2v) is 8.46. The maximum absolute atomic E-state index is 13.4. The first-order valence-electron chi connectivity index (χ1n) is 10.8. The molecule has 2 aromatic rings. The molecule has 30 heavy (non-hydrogen) atoms. The first-order chi connectivity index (χ1) is 14.6. The Hall–Kier alpha value is -2.89. The lowest BCUT2D eigenvalue weighted by Gasteiger charge is -2.32. The van der Waals surface area contributed by atoms with Gasteiger partial charge in [0.05, 0.1) is 5.92 Å². The number of nitrogens with one attached hydrogen (secondary N) is 1. The molecule has 1 saturated carbocycles. The van der Waals surface area contributed by atoms with Crippen LogP contribution in [0, 0.1) is 11.8 Å². The van der Waals surface area contributed by atoms with Crippen molar-refractivity contribution in [2.24, 2.45) is 11.8 Å². The summed E-state index contributed by atoms with van der Waals surface area (Å²) in [5.74, 6) is 0.428. The van der Waals surface area contributed by atoms with Crippen LogP contribution in [0.15, 0.2) is 42.6 Å². The fraction of sp³-hybridized carbons (Fsp3) is 0.458. The predicted octanol–water partition coefficient (Wildman–Crippen LogP) is 3.16. The molecule has 1 aromatic heterocycles. The lowest BCUT2D eigenvalue weighted by molar-refractivity contribution is -0.135. The van der Waals surface area contributed by atoms with Gasteiger partial charge in [-0.15, -0.1) is 0 Å². The number of carbonyl (C=O) groups is 2. The summed E-state index contributed by atoms with van der Waals surface area (Å²) < 4.78 is 0. The molecular formula is C24H30N4O2. The standard InChI is InChI=1S/C24H30N4O2/c1-27(2)22-18(9-7-14-25-22)16-26-23(29)19-10-4-5-11-20(19)24(30)28-15-13-17-8-3-6-12-21(17)28/h3,6-9,12,14,19-20H,4-5,10-11,13,15-16H2,1-2H3,(H,26,29). The van der Waals surface area contributed by atoms with Crippen molar-refractivity contribution in [1.82, 2.24) is 10.3 Å². The van der Waals surface area contributed by atoms with Crippen LogP contribution < -0.4 is 15.1 Å². The van der Waals surface area contributed by atoms with Gasteiger partial charge in [-0.1, -0.05) is 37.1 Å². The zero-order valence-electron chi connectivity index (χ0n) is 17.8. The Morgan fingerprint density at radius 2 is 1.87 bits per heavy atom. The van der Waals surface area contributed by atoms with Crippen LogP contribution in [-0.2, 0) is 22.6 Å². The molecule has 1 aliphatic carbocycles. The number of rotatable bonds is 5. The van der Waals surface area contributed by atoms with Gasteiger partial charge in [-0.05, 0) is 37.0 Å². The van der Waals surface area contributed by atoms with E-state index in [2.05, 4.69) is 16.4 Å². The third kappa shape index (κ3) is 4.04. The van der Waals surface area contributed by atoms with Crippen molar-refractivity contribution in [3.63, 3.8) is 0 Å². The van der Waals surface area contributed by atoms with Crippen molar-refractivity contribution in [3.8, 4) is 0 Å². The number of hydrogen-bond donors (Lipinski definition) is 1. The number of amides is 2. The van der Waals surface area contributed by atoms with Crippen LogP contribution in [-0.4, -0.2) is 37.4 Å². The summed E-state index contributed by atoms with van der Waals surface area (Å²) in [6.45, 7) is 1.13. The van der Waals surface area contributed by atoms with E-state index >= 15 is 0 Å². The van der Waals surface area contributed by atoms with Crippen LogP contribution in [0.3, 0.4) is 0 Å². The fourth-order valence-electron chi connectivity index (χ4n) is 4.79. The summed E-state index contributed by atoms with van der Waals surface area (Å²) in [6.07, 6.45) is 6.19. The van der Waals surface area contributed by atoms with E-state index in [1.807, 2.05) is 54.2 Å². The van der Waals surface area contributed by atoms with Gasteiger partial charge in [0.2, 0.25) is 11.8 Å². The zero-order chi connectivity index (χ0) is 21.1. The molecule has 2 unspecified atom stereocenters. The van der Waals surface area contributed by atoms with Gasteiger partial charge >= 0.3 is 0 Å². The molecule has 2 amide bonds. The van der Waals surface area contributed by atoms with Crippen molar-refractivity contribution in [1.29, 1.82) is 0 Å². The zero-order valence-corrected chi connectivity index (χ0v) is 17.8. The third-order valence-corrected chi connectivity index (χ3v) is 6.32. The SMILES string of the molecule is CN(C)c1ncccc1CNC(=O)C1CCCCC1C(=O)N1CCc2ccccc21. The Morgan fingerprint density at radius 3 is 2.67 bits per heavy atom. The van der Waals surface area contributed by atoms with Gasteiger partial charge in [0.15, 0.2) is 0 Å². The normalized spacial score (nSPS) is 20.5. The molecule has 2 atom stereocenters.